The van der Waals surface area contributed by atoms with E-state index >= 15 is 0 Å². The van der Waals surface area contributed by atoms with E-state index < -0.39 is 0 Å². The highest BCUT2D eigenvalue weighted by molar-refractivity contribution is 5.81. The molecule has 2 fully saturated rings. The molecule has 0 spiro atoms. The topological polar surface area (TPSA) is 67.2 Å². The second kappa shape index (κ2) is 7.58. The summed E-state index contributed by atoms with van der Waals surface area (Å²) in [4.78, 5) is 27.1. The molecule has 1 aromatic rings. The molecular weight excluding hydrogens is 316 g/mol. The zero-order valence-electron chi connectivity index (χ0n) is 15.6. The summed E-state index contributed by atoms with van der Waals surface area (Å²) in [5.41, 5.74) is 2.13. The molecule has 25 heavy (non-hydrogen) atoms. The summed E-state index contributed by atoms with van der Waals surface area (Å²) in [5, 5.41) is 7.37. The number of carbonyl (C=O) groups is 2. The van der Waals surface area contributed by atoms with Crippen molar-refractivity contribution in [3.63, 3.8) is 0 Å². The van der Waals surface area contributed by atoms with Crippen LogP contribution in [-0.2, 0) is 16.6 Å². The van der Waals surface area contributed by atoms with Crippen molar-refractivity contribution in [1.82, 2.24) is 20.0 Å². The van der Waals surface area contributed by atoms with Gasteiger partial charge in [0.2, 0.25) is 11.8 Å². The number of hydrogen-bond donors (Lipinski definition) is 1. The third kappa shape index (κ3) is 3.88. The summed E-state index contributed by atoms with van der Waals surface area (Å²) in [7, 11) is 1.91. The molecule has 3 rings (SSSR count). The minimum absolute atomic E-state index is 0.00653. The van der Waals surface area contributed by atoms with Gasteiger partial charge in [-0.1, -0.05) is 12.8 Å². The van der Waals surface area contributed by atoms with Crippen molar-refractivity contribution in [2.24, 2.45) is 18.9 Å². The molecule has 1 aliphatic heterocycles. The van der Waals surface area contributed by atoms with Gasteiger partial charge in [0.1, 0.15) is 0 Å². The molecule has 1 aliphatic carbocycles. The van der Waals surface area contributed by atoms with Gasteiger partial charge in [0.05, 0.1) is 12.2 Å². The van der Waals surface area contributed by atoms with Crippen molar-refractivity contribution in [3.05, 3.63) is 17.5 Å². The molecule has 6 heteroatoms. The lowest BCUT2D eigenvalue weighted by molar-refractivity contribution is -0.139. The van der Waals surface area contributed by atoms with Crippen LogP contribution < -0.4 is 5.32 Å². The first-order chi connectivity index (χ1) is 12.0. The summed E-state index contributed by atoms with van der Waals surface area (Å²) in [6.45, 7) is 5.44. The smallest absolute Gasteiger partial charge is 0.225 e. The first-order valence-electron chi connectivity index (χ1n) is 9.55. The molecule has 1 N–H and O–H groups in total. The summed E-state index contributed by atoms with van der Waals surface area (Å²) in [5.74, 6) is 0.658. The number of piperidine rings is 1. The summed E-state index contributed by atoms with van der Waals surface area (Å²) in [6, 6.07) is -0.0423. The Morgan fingerprint density at radius 2 is 1.80 bits per heavy atom. The average Bonchev–Trinajstić information content (AvgIpc) is 3.25. The predicted molar refractivity (Wildman–Crippen MR) is 95.8 cm³/mol. The zero-order chi connectivity index (χ0) is 18.0. The van der Waals surface area contributed by atoms with Crippen LogP contribution in [0.5, 0.6) is 0 Å². The van der Waals surface area contributed by atoms with Gasteiger partial charge in [0, 0.05) is 43.2 Å². The largest absolute Gasteiger partial charge is 0.349 e. The van der Waals surface area contributed by atoms with Crippen molar-refractivity contribution < 1.29 is 9.59 Å². The lowest BCUT2D eigenvalue weighted by Crippen LogP contribution is -2.45. The summed E-state index contributed by atoms with van der Waals surface area (Å²) in [6.07, 6.45) is 7.81. The lowest BCUT2D eigenvalue weighted by atomic mass is 9.94. The highest BCUT2D eigenvalue weighted by atomic mass is 16.2. The Morgan fingerprint density at radius 3 is 2.36 bits per heavy atom. The number of amides is 2. The monoisotopic (exact) mass is 346 g/mol. The van der Waals surface area contributed by atoms with Gasteiger partial charge in [-0.25, -0.2) is 0 Å². The van der Waals surface area contributed by atoms with Gasteiger partial charge >= 0.3 is 0 Å². The van der Waals surface area contributed by atoms with Crippen LogP contribution in [0.25, 0.3) is 0 Å². The zero-order valence-corrected chi connectivity index (χ0v) is 15.6. The predicted octanol–water partition coefficient (Wildman–Crippen LogP) is 2.33. The van der Waals surface area contributed by atoms with E-state index in [9.17, 15) is 9.59 Å². The van der Waals surface area contributed by atoms with Crippen molar-refractivity contribution in [2.45, 2.75) is 58.4 Å². The number of nitrogens with one attached hydrogen (secondary N) is 1. The van der Waals surface area contributed by atoms with E-state index in [4.69, 9.17) is 0 Å². The Labute approximate surface area is 149 Å². The molecule has 0 radical (unpaired) electrons. The Morgan fingerprint density at radius 1 is 1.16 bits per heavy atom. The molecule has 1 saturated heterocycles. The molecule has 2 amide bonds. The first-order valence-corrected chi connectivity index (χ1v) is 9.55. The minimum Gasteiger partial charge on any atom is -0.349 e. The van der Waals surface area contributed by atoms with Crippen LogP contribution in [0.3, 0.4) is 0 Å². The van der Waals surface area contributed by atoms with Gasteiger partial charge < -0.3 is 10.2 Å². The number of aromatic nitrogens is 2. The van der Waals surface area contributed by atoms with Crippen LogP contribution >= 0.6 is 0 Å². The van der Waals surface area contributed by atoms with Crippen LogP contribution in [0.15, 0.2) is 6.20 Å². The minimum atomic E-state index is -0.0423. The van der Waals surface area contributed by atoms with E-state index in [-0.39, 0.29) is 23.8 Å². The number of nitrogens with zero attached hydrogens (tertiary/aromatic N) is 3. The molecule has 138 valence electrons. The highest BCUT2D eigenvalue weighted by Gasteiger charge is 2.32. The highest BCUT2D eigenvalue weighted by Crippen LogP contribution is 2.28. The fraction of sp³-hybridized carbons (Fsp3) is 0.737. The molecule has 2 heterocycles. The fourth-order valence-electron chi connectivity index (χ4n) is 4.14. The van der Waals surface area contributed by atoms with E-state index in [0.717, 1.165) is 36.9 Å². The Bertz CT molecular complexity index is 625. The van der Waals surface area contributed by atoms with Crippen molar-refractivity contribution in [2.75, 3.05) is 13.1 Å². The van der Waals surface area contributed by atoms with E-state index in [1.807, 2.05) is 36.7 Å². The summed E-state index contributed by atoms with van der Waals surface area (Å²) < 4.78 is 1.82. The second-order valence-corrected chi connectivity index (χ2v) is 7.62. The molecule has 6 nitrogen and oxygen atoms in total. The van der Waals surface area contributed by atoms with Crippen LogP contribution in [0.1, 0.15) is 62.7 Å². The third-order valence-corrected chi connectivity index (χ3v) is 5.98. The van der Waals surface area contributed by atoms with Gasteiger partial charge in [-0.2, -0.15) is 5.10 Å². The average molecular weight is 346 g/mol. The number of hydrogen-bond acceptors (Lipinski definition) is 3. The fourth-order valence-corrected chi connectivity index (χ4v) is 4.14. The normalized spacial score (nSPS) is 20.7. The standard InChI is InChI=1S/C19H30N4O2/c1-13(17-12-20-22(3)14(17)2)21-18(24)15-8-10-23(11-9-15)19(25)16-6-4-5-7-16/h12-13,15-16H,4-11H2,1-3H3,(H,21,24)/t13-/m1/s1. The first kappa shape index (κ1) is 18.0. The Balaban J connectivity index is 1.49. The van der Waals surface area contributed by atoms with E-state index in [1.165, 1.54) is 12.8 Å². The molecule has 1 saturated carbocycles. The van der Waals surface area contributed by atoms with Crippen LogP contribution in [0.2, 0.25) is 0 Å². The molecular formula is C19H30N4O2. The molecule has 0 bridgehead atoms. The van der Waals surface area contributed by atoms with Gasteiger partial charge in [-0.15, -0.1) is 0 Å². The number of rotatable bonds is 4. The van der Waals surface area contributed by atoms with Crippen LogP contribution in [0.4, 0.5) is 0 Å². The van der Waals surface area contributed by atoms with E-state index in [2.05, 4.69) is 10.4 Å². The van der Waals surface area contributed by atoms with Gasteiger partial charge in [-0.3, -0.25) is 14.3 Å². The third-order valence-electron chi connectivity index (χ3n) is 5.98. The summed E-state index contributed by atoms with van der Waals surface area (Å²) >= 11 is 0. The van der Waals surface area contributed by atoms with Gasteiger partial charge in [-0.05, 0) is 39.5 Å². The Kier molecular flexibility index (Phi) is 5.45. The van der Waals surface area contributed by atoms with E-state index in [0.29, 0.717) is 19.0 Å². The lowest BCUT2D eigenvalue weighted by Gasteiger charge is -2.33. The maximum absolute atomic E-state index is 12.6. The number of carbonyl (C=O) groups excluding carboxylic acids is 2. The quantitative estimate of drug-likeness (QED) is 0.910. The maximum Gasteiger partial charge on any atom is 0.225 e. The molecule has 1 atom stereocenters. The number of aryl methyl sites for hydroxylation is 1. The maximum atomic E-state index is 12.6. The van der Waals surface area contributed by atoms with Gasteiger partial charge in [0.15, 0.2) is 0 Å². The SMILES string of the molecule is Cc1c([C@@H](C)NC(=O)C2CCN(C(=O)C3CCCC3)CC2)cnn1C. The van der Waals surface area contributed by atoms with Crippen molar-refractivity contribution >= 4 is 11.8 Å². The number of likely N-dealkylation sites (tertiary alicyclic amines) is 1. The molecule has 0 aromatic carbocycles. The van der Waals surface area contributed by atoms with Crippen molar-refractivity contribution in [1.29, 1.82) is 0 Å². The van der Waals surface area contributed by atoms with Gasteiger partial charge in [0.25, 0.3) is 0 Å². The van der Waals surface area contributed by atoms with Crippen LogP contribution in [-0.4, -0.2) is 39.6 Å². The molecule has 0 unspecified atom stereocenters. The van der Waals surface area contributed by atoms with Crippen LogP contribution in [0, 0.1) is 18.8 Å². The van der Waals surface area contributed by atoms with Crippen molar-refractivity contribution in [3.8, 4) is 0 Å². The Hall–Kier alpha value is -1.85. The molecule has 2 aliphatic rings. The second-order valence-electron chi connectivity index (χ2n) is 7.62. The molecule has 1 aromatic heterocycles. The van der Waals surface area contributed by atoms with E-state index in [1.54, 1.807) is 0 Å².